The molecule has 1 unspecified atom stereocenters. The smallest absolute Gasteiger partial charge is 0.0266 e. The third-order valence-corrected chi connectivity index (χ3v) is 3.51. The highest BCUT2D eigenvalue weighted by molar-refractivity contribution is 7.47. The van der Waals surface area contributed by atoms with Crippen LogP contribution in [0.4, 0.5) is 0 Å². The zero-order chi connectivity index (χ0) is 10.6. The molecule has 0 spiro atoms. The summed E-state index contributed by atoms with van der Waals surface area (Å²) in [5, 5.41) is 1.53. The Balaban J connectivity index is 0.00000196. The first-order chi connectivity index (χ1) is 6.58. The van der Waals surface area contributed by atoms with E-state index >= 15 is 0 Å². The SMILES string of the molecule is Cc1cc(C)cc(PCCC(C)C)c1.Cl. The second-order valence-electron chi connectivity index (χ2n) is 4.49. The van der Waals surface area contributed by atoms with E-state index in [0.29, 0.717) is 0 Å². The summed E-state index contributed by atoms with van der Waals surface area (Å²) in [5.41, 5.74) is 2.80. The van der Waals surface area contributed by atoms with E-state index in [9.17, 15) is 0 Å². The Labute approximate surface area is 102 Å². The lowest BCUT2D eigenvalue weighted by Gasteiger charge is -2.06. The van der Waals surface area contributed by atoms with Crippen LogP contribution in [0.25, 0.3) is 0 Å². The Bertz CT molecular complexity index is 274. The van der Waals surface area contributed by atoms with Gasteiger partial charge in [-0.05, 0) is 37.7 Å². The van der Waals surface area contributed by atoms with Crippen molar-refractivity contribution >= 4 is 26.3 Å². The molecule has 1 aromatic rings. The summed E-state index contributed by atoms with van der Waals surface area (Å²) in [6.45, 7) is 8.96. The molecular formula is C13H22ClP. The first kappa shape index (κ1) is 14.9. The van der Waals surface area contributed by atoms with Crippen molar-refractivity contribution in [1.29, 1.82) is 0 Å². The number of hydrogen-bond acceptors (Lipinski definition) is 0. The highest BCUT2D eigenvalue weighted by Gasteiger charge is 1.98. The highest BCUT2D eigenvalue weighted by atomic mass is 35.5. The van der Waals surface area contributed by atoms with E-state index in [1.165, 1.54) is 29.0 Å². The van der Waals surface area contributed by atoms with Gasteiger partial charge in [-0.25, -0.2) is 0 Å². The molecule has 0 aliphatic heterocycles. The molecule has 86 valence electrons. The molecule has 0 aliphatic carbocycles. The van der Waals surface area contributed by atoms with Crippen molar-refractivity contribution in [3.63, 3.8) is 0 Å². The van der Waals surface area contributed by atoms with E-state index in [2.05, 4.69) is 45.9 Å². The van der Waals surface area contributed by atoms with Crippen molar-refractivity contribution in [3.8, 4) is 0 Å². The van der Waals surface area contributed by atoms with Crippen LogP contribution in [0.15, 0.2) is 18.2 Å². The minimum Gasteiger partial charge on any atom is -0.147 e. The molecule has 2 heteroatoms. The Morgan fingerprint density at radius 1 is 1.07 bits per heavy atom. The fourth-order valence-corrected chi connectivity index (χ4v) is 3.25. The average Bonchev–Trinajstić information content (AvgIpc) is 2.01. The Kier molecular flexibility index (Phi) is 7.22. The van der Waals surface area contributed by atoms with Crippen LogP contribution in [-0.2, 0) is 0 Å². The van der Waals surface area contributed by atoms with Crippen molar-refractivity contribution < 1.29 is 0 Å². The fourth-order valence-electron chi connectivity index (χ4n) is 1.58. The number of aryl methyl sites for hydroxylation is 2. The van der Waals surface area contributed by atoms with Crippen LogP contribution in [0.5, 0.6) is 0 Å². The van der Waals surface area contributed by atoms with Gasteiger partial charge in [-0.2, -0.15) is 0 Å². The van der Waals surface area contributed by atoms with E-state index in [4.69, 9.17) is 0 Å². The molecule has 0 heterocycles. The molecule has 0 fully saturated rings. The van der Waals surface area contributed by atoms with Gasteiger partial charge in [0.05, 0.1) is 0 Å². The van der Waals surface area contributed by atoms with Crippen molar-refractivity contribution in [1.82, 2.24) is 0 Å². The molecule has 1 rings (SSSR count). The average molecular weight is 245 g/mol. The van der Waals surface area contributed by atoms with Crippen molar-refractivity contribution in [2.45, 2.75) is 34.1 Å². The molecule has 0 bridgehead atoms. The summed E-state index contributed by atoms with van der Waals surface area (Å²) in [6, 6.07) is 6.90. The summed E-state index contributed by atoms with van der Waals surface area (Å²) in [7, 11) is 0.990. The summed E-state index contributed by atoms with van der Waals surface area (Å²) >= 11 is 0. The van der Waals surface area contributed by atoms with Gasteiger partial charge in [0.25, 0.3) is 0 Å². The molecule has 0 amide bonds. The molecule has 0 saturated carbocycles. The largest absolute Gasteiger partial charge is 0.147 e. The van der Waals surface area contributed by atoms with Gasteiger partial charge < -0.3 is 0 Å². The monoisotopic (exact) mass is 244 g/mol. The van der Waals surface area contributed by atoms with Crippen LogP contribution in [0, 0.1) is 19.8 Å². The lowest BCUT2D eigenvalue weighted by Crippen LogP contribution is -1.99. The Hall–Kier alpha value is -0.0600. The molecule has 1 atom stereocenters. The van der Waals surface area contributed by atoms with Crippen LogP contribution in [0.2, 0.25) is 0 Å². The van der Waals surface area contributed by atoms with E-state index in [1.54, 1.807) is 0 Å². The zero-order valence-corrected chi connectivity index (χ0v) is 11.9. The zero-order valence-electron chi connectivity index (χ0n) is 10.1. The van der Waals surface area contributed by atoms with E-state index in [0.717, 1.165) is 14.5 Å². The molecule has 0 nitrogen and oxygen atoms in total. The second kappa shape index (κ2) is 7.25. The minimum absolute atomic E-state index is 0. The van der Waals surface area contributed by atoms with Gasteiger partial charge in [-0.1, -0.05) is 51.8 Å². The molecule has 0 aromatic heterocycles. The minimum atomic E-state index is 0. The predicted octanol–water partition coefficient (Wildman–Crippen LogP) is 4.08. The first-order valence-corrected chi connectivity index (χ1v) is 6.61. The lowest BCUT2D eigenvalue weighted by molar-refractivity contribution is 0.631. The van der Waals surface area contributed by atoms with Crippen LogP contribution < -0.4 is 5.30 Å². The van der Waals surface area contributed by atoms with Gasteiger partial charge in [-0.3, -0.25) is 0 Å². The normalized spacial score (nSPS) is 11.0. The van der Waals surface area contributed by atoms with Gasteiger partial charge in [0.2, 0.25) is 0 Å². The van der Waals surface area contributed by atoms with Gasteiger partial charge in [-0.15, -0.1) is 12.4 Å². The van der Waals surface area contributed by atoms with Crippen LogP contribution in [-0.4, -0.2) is 6.16 Å². The van der Waals surface area contributed by atoms with Crippen LogP contribution in [0.3, 0.4) is 0 Å². The molecule has 1 aromatic carbocycles. The molecule has 0 saturated heterocycles. The molecule has 0 radical (unpaired) electrons. The maximum Gasteiger partial charge on any atom is -0.0266 e. The third-order valence-electron chi connectivity index (χ3n) is 2.27. The standard InChI is InChI=1S/C13H21P.ClH/c1-10(2)5-6-14-13-8-11(3)7-12(4)9-13;/h7-10,14H,5-6H2,1-4H3;1H. The predicted molar refractivity (Wildman–Crippen MR) is 75.4 cm³/mol. The molecular weight excluding hydrogens is 223 g/mol. The van der Waals surface area contributed by atoms with E-state index < -0.39 is 0 Å². The second-order valence-corrected chi connectivity index (χ2v) is 5.92. The van der Waals surface area contributed by atoms with Crippen LogP contribution in [0.1, 0.15) is 31.4 Å². The van der Waals surface area contributed by atoms with Crippen molar-refractivity contribution in [2.24, 2.45) is 5.92 Å². The first-order valence-electron chi connectivity index (χ1n) is 5.40. The Morgan fingerprint density at radius 3 is 2.07 bits per heavy atom. The van der Waals surface area contributed by atoms with Gasteiger partial charge in [0.1, 0.15) is 0 Å². The maximum atomic E-state index is 2.33. The third kappa shape index (κ3) is 6.17. The summed E-state index contributed by atoms with van der Waals surface area (Å²) in [5.74, 6) is 0.841. The number of halogens is 1. The summed E-state index contributed by atoms with van der Waals surface area (Å²) in [6.07, 6.45) is 2.70. The molecule has 0 aliphatic rings. The van der Waals surface area contributed by atoms with E-state index in [-0.39, 0.29) is 12.4 Å². The molecule has 0 N–H and O–H groups in total. The quantitative estimate of drug-likeness (QED) is 0.701. The number of rotatable bonds is 4. The topological polar surface area (TPSA) is 0 Å². The fraction of sp³-hybridized carbons (Fsp3) is 0.538. The van der Waals surface area contributed by atoms with Gasteiger partial charge in [0.15, 0.2) is 0 Å². The van der Waals surface area contributed by atoms with Gasteiger partial charge >= 0.3 is 0 Å². The maximum absolute atomic E-state index is 2.33. The van der Waals surface area contributed by atoms with E-state index in [1.807, 2.05) is 0 Å². The molecule has 15 heavy (non-hydrogen) atoms. The highest BCUT2D eigenvalue weighted by Crippen LogP contribution is 2.16. The lowest BCUT2D eigenvalue weighted by atomic mass is 10.2. The van der Waals surface area contributed by atoms with Crippen molar-refractivity contribution in [3.05, 3.63) is 29.3 Å². The summed E-state index contributed by atoms with van der Waals surface area (Å²) in [4.78, 5) is 0. The van der Waals surface area contributed by atoms with Crippen LogP contribution >= 0.6 is 21.0 Å². The summed E-state index contributed by atoms with van der Waals surface area (Å²) < 4.78 is 0. The van der Waals surface area contributed by atoms with Gasteiger partial charge in [0, 0.05) is 0 Å². The number of benzene rings is 1. The Morgan fingerprint density at radius 2 is 1.60 bits per heavy atom. The van der Waals surface area contributed by atoms with Crippen molar-refractivity contribution in [2.75, 3.05) is 6.16 Å². The number of hydrogen-bond donors (Lipinski definition) is 0.